The van der Waals surface area contributed by atoms with Crippen molar-refractivity contribution in [3.63, 3.8) is 0 Å². The molecule has 1 aliphatic carbocycles. The highest BCUT2D eigenvalue weighted by atomic mass is 16.4. The summed E-state index contributed by atoms with van der Waals surface area (Å²) in [6.45, 7) is 1.71. The largest absolute Gasteiger partial charge is 0.481 e. The lowest BCUT2D eigenvalue weighted by atomic mass is 9.85. The second-order valence-corrected chi connectivity index (χ2v) is 12.3. The molecule has 4 aromatic carbocycles. The minimum absolute atomic E-state index is 0.188. The Morgan fingerprint density at radius 1 is 0.667 bits per heavy atom. The van der Waals surface area contributed by atoms with Crippen LogP contribution in [0, 0.1) is 0 Å². The van der Waals surface area contributed by atoms with E-state index < -0.39 is 11.9 Å². The molecule has 4 aromatic rings. The van der Waals surface area contributed by atoms with Gasteiger partial charge in [0.2, 0.25) is 0 Å². The van der Waals surface area contributed by atoms with E-state index in [1.165, 1.54) is 33.4 Å². The van der Waals surface area contributed by atoms with Crippen LogP contribution in [0.15, 0.2) is 97.1 Å². The van der Waals surface area contributed by atoms with Gasteiger partial charge in [-0.1, -0.05) is 84.9 Å². The molecule has 0 heterocycles. The van der Waals surface area contributed by atoms with Crippen molar-refractivity contribution < 1.29 is 19.8 Å². The van der Waals surface area contributed by atoms with Gasteiger partial charge in [-0.2, -0.15) is 0 Å². The Morgan fingerprint density at radius 3 is 1.96 bits per heavy atom. The molecular formula is C40H45NO4. The van der Waals surface area contributed by atoms with Crippen molar-refractivity contribution in [1.29, 1.82) is 0 Å². The van der Waals surface area contributed by atoms with E-state index in [9.17, 15) is 14.7 Å². The number of carboxylic acid groups (broad SMARTS) is 2. The van der Waals surface area contributed by atoms with Crippen molar-refractivity contribution in [3.8, 4) is 0 Å². The third kappa shape index (κ3) is 9.39. The fourth-order valence-electron chi connectivity index (χ4n) is 6.71. The molecule has 5 nitrogen and oxygen atoms in total. The van der Waals surface area contributed by atoms with E-state index in [0.717, 1.165) is 76.4 Å². The van der Waals surface area contributed by atoms with E-state index in [1.807, 2.05) is 12.1 Å². The summed E-state index contributed by atoms with van der Waals surface area (Å²) in [6.07, 6.45) is 9.64. The van der Waals surface area contributed by atoms with Crippen molar-refractivity contribution in [2.45, 2.75) is 76.7 Å². The SMILES string of the molecule is O=C(O)CCCCN(CCc1ccccc1CCc1ccc(CCc2ccccc2)cc1)C1CCCc2cc(C(=O)O)ccc21. The molecule has 0 aromatic heterocycles. The average Bonchev–Trinajstić information content (AvgIpc) is 3.07. The van der Waals surface area contributed by atoms with Gasteiger partial charge in [-0.25, -0.2) is 4.79 Å². The molecule has 5 rings (SSSR count). The molecule has 0 bridgehead atoms. The molecule has 2 N–H and O–H groups in total. The number of unbranched alkanes of at least 4 members (excludes halogenated alkanes) is 1. The number of carboxylic acids is 2. The summed E-state index contributed by atoms with van der Waals surface area (Å²) >= 11 is 0. The van der Waals surface area contributed by atoms with Gasteiger partial charge in [-0.3, -0.25) is 9.69 Å². The van der Waals surface area contributed by atoms with Gasteiger partial charge < -0.3 is 10.2 Å². The second-order valence-electron chi connectivity index (χ2n) is 12.3. The minimum Gasteiger partial charge on any atom is -0.481 e. The Labute approximate surface area is 267 Å². The quantitative estimate of drug-likeness (QED) is 0.126. The summed E-state index contributed by atoms with van der Waals surface area (Å²) in [4.78, 5) is 25.3. The predicted octanol–water partition coefficient (Wildman–Crippen LogP) is 8.13. The van der Waals surface area contributed by atoms with Gasteiger partial charge in [0.1, 0.15) is 0 Å². The molecule has 5 heteroatoms. The Kier molecular flexibility index (Phi) is 11.6. The van der Waals surface area contributed by atoms with E-state index in [2.05, 4.69) is 83.8 Å². The lowest BCUT2D eigenvalue weighted by molar-refractivity contribution is -0.137. The molecular weight excluding hydrogens is 558 g/mol. The average molecular weight is 604 g/mol. The van der Waals surface area contributed by atoms with E-state index in [0.29, 0.717) is 12.0 Å². The molecule has 45 heavy (non-hydrogen) atoms. The summed E-state index contributed by atoms with van der Waals surface area (Å²) in [6, 6.07) is 34.3. The van der Waals surface area contributed by atoms with Gasteiger partial charge >= 0.3 is 11.9 Å². The lowest BCUT2D eigenvalue weighted by Gasteiger charge is -2.36. The number of nitrogens with zero attached hydrogens (tertiary/aromatic N) is 1. The van der Waals surface area contributed by atoms with Gasteiger partial charge in [0, 0.05) is 19.0 Å². The number of aliphatic carboxylic acids is 1. The van der Waals surface area contributed by atoms with Crippen molar-refractivity contribution in [2.24, 2.45) is 0 Å². The summed E-state index contributed by atoms with van der Waals surface area (Å²) in [5, 5.41) is 18.7. The monoisotopic (exact) mass is 603 g/mol. The molecule has 0 fully saturated rings. The minimum atomic E-state index is -0.888. The van der Waals surface area contributed by atoms with Crippen molar-refractivity contribution >= 4 is 11.9 Å². The molecule has 1 unspecified atom stereocenters. The number of rotatable bonds is 16. The van der Waals surface area contributed by atoms with Gasteiger partial charge in [-0.05, 0) is 122 Å². The van der Waals surface area contributed by atoms with Gasteiger partial charge in [-0.15, -0.1) is 0 Å². The normalized spacial score (nSPS) is 14.3. The van der Waals surface area contributed by atoms with Crippen LogP contribution in [0.2, 0.25) is 0 Å². The van der Waals surface area contributed by atoms with E-state index >= 15 is 0 Å². The summed E-state index contributed by atoms with van der Waals surface area (Å²) in [5.74, 6) is -1.64. The number of carbonyl (C=O) groups is 2. The van der Waals surface area contributed by atoms with Crippen LogP contribution in [-0.4, -0.2) is 40.1 Å². The third-order valence-electron chi connectivity index (χ3n) is 9.24. The standard InChI is InChI=1S/C40H45NO4/c42-39(43)15-6-7-27-41(38-14-8-13-35-29-36(40(44)45)24-25-37(35)38)28-26-34-12-5-4-11-33(34)23-22-32-20-18-31(19-21-32)17-16-30-9-2-1-3-10-30/h1-5,9-12,18-21,24-25,29,38H,6-8,13-17,22-23,26-28H2,(H,42,43)(H,44,45). The fraction of sp³-hybridized carbons (Fsp3) is 0.350. The third-order valence-corrected chi connectivity index (χ3v) is 9.24. The Balaban J connectivity index is 1.22. The first-order valence-corrected chi connectivity index (χ1v) is 16.5. The van der Waals surface area contributed by atoms with Crippen LogP contribution in [-0.2, 0) is 43.3 Å². The van der Waals surface area contributed by atoms with Crippen molar-refractivity contribution in [3.05, 3.63) is 142 Å². The maximum absolute atomic E-state index is 11.6. The fourth-order valence-corrected chi connectivity index (χ4v) is 6.71. The Bertz CT molecular complexity index is 1550. The molecule has 0 radical (unpaired) electrons. The molecule has 0 spiro atoms. The van der Waals surface area contributed by atoms with Crippen molar-refractivity contribution in [1.82, 2.24) is 4.90 Å². The number of fused-ring (bicyclic) bond motifs is 1. The van der Waals surface area contributed by atoms with E-state index in [1.54, 1.807) is 6.07 Å². The van der Waals surface area contributed by atoms with Crippen LogP contribution in [0.1, 0.15) is 87.4 Å². The highest BCUT2D eigenvalue weighted by molar-refractivity contribution is 5.88. The zero-order valence-electron chi connectivity index (χ0n) is 26.2. The van der Waals surface area contributed by atoms with Gasteiger partial charge in [0.25, 0.3) is 0 Å². The lowest BCUT2D eigenvalue weighted by Crippen LogP contribution is -2.34. The van der Waals surface area contributed by atoms with Crippen molar-refractivity contribution in [2.75, 3.05) is 13.1 Å². The topological polar surface area (TPSA) is 77.8 Å². The van der Waals surface area contributed by atoms with Crippen LogP contribution in [0.4, 0.5) is 0 Å². The molecule has 0 saturated heterocycles. The summed E-state index contributed by atoms with van der Waals surface area (Å²) in [7, 11) is 0. The highest BCUT2D eigenvalue weighted by Gasteiger charge is 2.26. The van der Waals surface area contributed by atoms with Gasteiger partial charge in [0.05, 0.1) is 5.56 Å². The molecule has 1 aliphatic rings. The summed E-state index contributed by atoms with van der Waals surface area (Å²) < 4.78 is 0. The maximum Gasteiger partial charge on any atom is 0.335 e. The van der Waals surface area contributed by atoms with Crippen LogP contribution in [0.25, 0.3) is 0 Å². The van der Waals surface area contributed by atoms with Crippen LogP contribution in [0.3, 0.4) is 0 Å². The molecule has 1 atom stereocenters. The first-order chi connectivity index (χ1) is 22.0. The zero-order chi connectivity index (χ0) is 31.4. The number of aromatic carboxylic acids is 1. The summed E-state index contributed by atoms with van der Waals surface area (Å²) in [5.41, 5.74) is 9.55. The first-order valence-electron chi connectivity index (χ1n) is 16.5. The highest BCUT2D eigenvalue weighted by Crippen LogP contribution is 2.35. The number of aryl methyl sites for hydroxylation is 5. The molecule has 0 amide bonds. The Morgan fingerprint density at radius 2 is 1.29 bits per heavy atom. The number of hydrogen-bond acceptors (Lipinski definition) is 3. The number of hydrogen-bond donors (Lipinski definition) is 2. The maximum atomic E-state index is 11.6. The smallest absolute Gasteiger partial charge is 0.335 e. The van der Waals surface area contributed by atoms with Crippen LogP contribution < -0.4 is 0 Å². The van der Waals surface area contributed by atoms with Gasteiger partial charge in [0.15, 0.2) is 0 Å². The van der Waals surface area contributed by atoms with E-state index in [-0.39, 0.29) is 12.5 Å². The zero-order valence-corrected chi connectivity index (χ0v) is 26.2. The molecule has 234 valence electrons. The predicted molar refractivity (Wildman–Crippen MR) is 180 cm³/mol. The molecule has 0 aliphatic heterocycles. The Hall–Kier alpha value is -4.22. The second kappa shape index (κ2) is 16.2. The number of benzene rings is 4. The van der Waals surface area contributed by atoms with Crippen LogP contribution in [0.5, 0.6) is 0 Å². The molecule has 0 saturated carbocycles. The first kappa shape index (κ1) is 32.2. The van der Waals surface area contributed by atoms with E-state index in [4.69, 9.17) is 5.11 Å². The van der Waals surface area contributed by atoms with Crippen LogP contribution >= 0.6 is 0 Å².